The van der Waals surface area contributed by atoms with Crippen molar-refractivity contribution in [3.05, 3.63) is 29.3 Å². The molecule has 0 unspecified atom stereocenters. The smallest absolute Gasteiger partial charge is 0.416 e. The Labute approximate surface area is 101 Å². The molecule has 1 N–H and O–H groups in total. The Balaban J connectivity index is 2.02. The van der Waals surface area contributed by atoms with Crippen molar-refractivity contribution in [3.63, 3.8) is 0 Å². The summed E-state index contributed by atoms with van der Waals surface area (Å²) in [5.74, 6) is -0.117. The first kappa shape index (κ1) is 11.5. The molecule has 2 heterocycles. The minimum atomic E-state index is -4.43. The lowest BCUT2D eigenvalue weighted by molar-refractivity contribution is -0.137. The van der Waals surface area contributed by atoms with E-state index in [-0.39, 0.29) is 23.5 Å². The fourth-order valence-corrected chi connectivity index (χ4v) is 2.27. The van der Waals surface area contributed by atoms with Crippen molar-refractivity contribution >= 4 is 5.78 Å². The second-order valence-corrected chi connectivity index (χ2v) is 4.70. The first-order chi connectivity index (χ1) is 8.40. The molecule has 0 aromatic heterocycles. The van der Waals surface area contributed by atoms with Gasteiger partial charge in [0.25, 0.3) is 0 Å². The zero-order valence-corrected chi connectivity index (χ0v) is 9.30. The summed E-state index contributed by atoms with van der Waals surface area (Å²) >= 11 is 0. The number of halogens is 3. The Morgan fingerprint density at radius 3 is 2.56 bits per heavy atom. The normalized spacial score (nSPS) is 21.2. The van der Waals surface area contributed by atoms with E-state index in [1.807, 2.05) is 0 Å². The molecule has 0 aliphatic carbocycles. The van der Waals surface area contributed by atoms with Crippen LogP contribution in [0.1, 0.15) is 22.3 Å². The number of fused-ring (bicyclic) bond motifs is 1. The molecule has 0 saturated carbocycles. The predicted octanol–water partition coefficient (Wildman–Crippen LogP) is 2.01. The standard InChI is InChI=1S/C12H10F3NO2/c13-12(14,15)7-1-2-8-9(17)4-11(5-16-6-11)18-10(8)3-7/h1-3,16H,4-6H2. The van der Waals surface area contributed by atoms with Gasteiger partial charge in [0, 0.05) is 13.1 Å². The zero-order chi connectivity index (χ0) is 13.0. The number of carbonyl (C=O) groups is 1. The van der Waals surface area contributed by atoms with Gasteiger partial charge in [0.1, 0.15) is 11.4 Å². The van der Waals surface area contributed by atoms with Gasteiger partial charge in [-0.1, -0.05) is 0 Å². The lowest BCUT2D eigenvalue weighted by Crippen LogP contribution is -2.65. The molecular weight excluding hydrogens is 247 g/mol. The molecule has 0 bridgehead atoms. The number of benzene rings is 1. The predicted molar refractivity (Wildman–Crippen MR) is 56.6 cm³/mol. The molecule has 3 rings (SSSR count). The number of alkyl halides is 3. The molecule has 2 aliphatic heterocycles. The summed E-state index contributed by atoms with van der Waals surface area (Å²) < 4.78 is 43.4. The van der Waals surface area contributed by atoms with Gasteiger partial charge in [-0.3, -0.25) is 4.79 Å². The summed E-state index contributed by atoms with van der Waals surface area (Å²) in [6, 6.07) is 3.02. The largest absolute Gasteiger partial charge is 0.483 e. The molecule has 0 amide bonds. The number of rotatable bonds is 0. The van der Waals surface area contributed by atoms with Crippen LogP contribution in [0.2, 0.25) is 0 Å². The van der Waals surface area contributed by atoms with Gasteiger partial charge in [0.2, 0.25) is 0 Å². The van der Waals surface area contributed by atoms with E-state index in [2.05, 4.69) is 5.32 Å². The van der Waals surface area contributed by atoms with E-state index in [0.29, 0.717) is 13.1 Å². The molecule has 3 nitrogen and oxygen atoms in total. The van der Waals surface area contributed by atoms with Gasteiger partial charge >= 0.3 is 6.18 Å². The van der Waals surface area contributed by atoms with E-state index in [9.17, 15) is 18.0 Å². The highest BCUT2D eigenvalue weighted by atomic mass is 19.4. The number of ether oxygens (including phenoxy) is 1. The van der Waals surface area contributed by atoms with Gasteiger partial charge < -0.3 is 10.1 Å². The molecule has 96 valence electrons. The fourth-order valence-electron chi connectivity index (χ4n) is 2.27. The zero-order valence-electron chi connectivity index (χ0n) is 9.30. The van der Waals surface area contributed by atoms with E-state index < -0.39 is 17.3 Å². The lowest BCUT2D eigenvalue weighted by atomic mass is 9.85. The summed E-state index contributed by atoms with van der Waals surface area (Å²) in [7, 11) is 0. The molecule has 1 aromatic carbocycles. The van der Waals surface area contributed by atoms with Crippen molar-refractivity contribution in [1.82, 2.24) is 5.32 Å². The van der Waals surface area contributed by atoms with Crippen LogP contribution in [0.15, 0.2) is 18.2 Å². The van der Waals surface area contributed by atoms with Gasteiger partial charge in [0.05, 0.1) is 17.5 Å². The van der Waals surface area contributed by atoms with E-state index in [4.69, 9.17) is 4.74 Å². The van der Waals surface area contributed by atoms with E-state index in [1.165, 1.54) is 6.07 Å². The van der Waals surface area contributed by atoms with Crippen LogP contribution in [0, 0.1) is 0 Å². The van der Waals surface area contributed by atoms with Crippen molar-refractivity contribution in [2.45, 2.75) is 18.2 Å². The molecule has 1 spiro atoms. The summed E-state index contributed by atoms with van der Waals surface area (Å²) in [6.45, 7) is 0.989. The number of carbonyl (C=O) groups excluding carboxylic acids is 1. The van der Waals surface area contributed by atoms with Gasteiger partial charge in [-0.15, -0.1) is 0 Å². The highest BCUT2D eigenvalue weighted by Gasteiger charge is 2.46. The van der Waals surface area contributed by atoms with Gasteiger partial charge in [-0.25, -0.2) is 0 Å². The van der Waals surface area contributed by atoms with Crippen LogP contribution < -0.4 is 10.1 Å². The second-order valence-electron chi connectivity index (χ2n) is 4.70. The number of hydrogen-bond donors (Lipinski definition) is 1. The van der Waals surface area contributed by atoms with Crippen LogP contribution >= 0.6 is 0 Å². The Bertz CT molecular complexity index is 521. The minimum Gasteiger partial charge on any atom is -0.483 e. The van der Waals surface area contributed by atoms with Crippen LogP contribution in [0.25, 0.3) is 0 Å². The van der Waals surface area contributed by atoms with Crippen molar-refractivity contribution in [2.75, 3.05) is 13.1 Å². The van der Waals surface area contributed by atoms with Crippen molar-refractivity contribution < 1.29 is 22.7 Å². The summed E-state index contributed by atoms with van der Waals surface area (Å²) in [4.78, 5) is 11.9. The molecule has 1 fully saturated rings. The van der Waals surface area contributed by atoms with Gasteiger partial charge in [-0.05, 0) is 18.2 Å². The van der Waals surface area contributed by atoms with Crippen LogP contribution in [0.3, 0.4) is 0 Å². The third kappa shape index (κ3) is 1.68. The molecule has 0 radical (unpaired) electrons. The number of ketones is 1. The topological polar surface area (TPSA) is 38.3 Å². The van der Waals surface area contributed by atoms with Crippen molar-refractivity contribution in [3.8, 4) is 5.75 Å². The first-order valence-corrected chi connectivity index (χ1v) is 5.54. The van der Waals surface area contributed by atoms with Crippen LogP contribution in [-0.2, 0) is 6.18 Å². The SMILES string of the molecule is O=C1CC2(CNC2)Oc2cc(C(F)(F)F)ccc21. The molecule has 1 saturated heterocycles. The summed E-state index contributed by atoms with van der Waals surface area (Å²) in [6.07, 6.45) is -4.21. The van der Waals surface area contributed by atoms with Crippen molar-refractivity contribution in [2.24, 2.45) is 0 Å². The van der Waals surface area contributed by atoms with E-state index in [1.54, 1.807) is 0 Å². The number of Topliss-reactive ketones (excluding diaryl/α,β-unsaturated/α-hetero) is 1. The Kier molecular flexibility index (Phi) is 2.22. The molecule has 2 aliphatic rings. The fraction of sp³-hybridized carbons (Fsp3) is 0.417. The number of nitrogens with one attached hydrogen (secondary N) is 1. The van der Waals surface area contributed by atoms with E-state index >= 15 is 0 Å². The van der Waals surface area contributed by atoms with Gasteiger partial charge in [0.15, 0.2) is 5.78 Å². The average Bonchev–Trinajstić information content (AvgIpc) is 2.25. The maximum absolute atomic E-state index is 12.6. The monoisotopic (exact) mass is 257 g/mol. The quantitative estimate of drug-likeness (QED) is 0.772. The Morgan fingerprint density at radius 1 is 1.28 bits per heavy atom. The average molecular weight is 257 g/mol. The summed E-state index contributed by atoms with van der Waals surface area (Å²) in [5.41, 5.74) is -1.20. The Hall–Kier alpha value is -1.56. The second kappa shape index (κ2) is 3.47. The van der Waals surface area contributed by atoms with Gasteiger partial charge in [-0.2, -0.15) is 13.2 Å². The Morgan fingerprint density at radius 2 is 2.00 bits per heavy atom. The highest BCUT2D eigenvalue weighted by Crippen LogP contribution is 2.39. The lowest BCUT2D eigenvalue weighted by Gasteiger charge is -2.45. The van der Waals surface area contributed by atoms with E-state index in [0.717, 1.165) is 12.1 Å². The maximum Gasteiger partial charge on any atom is 0.416 e. The summed E-state index contributed by atoms with van der Waals surface area (Å²) in [5, 5.41) is 2.97. The molecule has 0 atom stereocenters. The highest BCUT2D eigenvalue weighted by molar-refractivity contribution is 6.00. The first-order valence-electron chi connectivity index (χ1n) is 5.54. The molecular formula is C12H10F3NO2. The molecule has 6 heteroatoms. The third-order valence-corrected chi connectivity index (χ3v) is 3.31. The third-order valence-electron chi connectivity index (χ3n) is 3.31. The van der Waals surface area contributed by atoms with Crippen LogP contribution in [0.5, 0.6) is 5.75 Å². The minimum absolute atomic E-state index is 0.0441. The number of hydrogen-bond acceptors (Lipinski definition) is 3. The van der Waals surface area contributed by atoms with Crippen molar-refractivity contribution in [1.29, 1.82) is 0 Å². The molecule has 18 heavy (non-hydrogen) atoms. The van der Waals surface area contributed by atoms with Crippen LogP contribution in [0.4, 0.5) is 13.2 Å². The molecule has 1 aromatic rings. The van der Waals surface area contributed by atoms with Crippen LogP contribution in [-0.4, -0.2) is 24.5 Å². The maximum atomic E-state index is 12.6.